The molecule has 0 spiro atoms. The molecule has 1 aromatic carbocycles. The van der Waals surface area contributed by atoms with Crippen LogP contribution in [0.4, 0.5) is 0 Å². The maximum Gasteiger partial charge on any atom is 0.182 e. The summed E-state index contributed by atoms with van der Waals surface area (Å²) in [6, 6.07) is 9.08. The Morgan fingerprint density at radius 1 is 1.12 bits per heavy atom. The summed E-state index contributed by atoms with van der Waals surface area (Å²) >= 11 is 0. The van der Waals surface area contributed by atoms with E-state index in [1.807, 2.05) is 0 Å². The zero-order chi connectivity index (χ0) is 11.1. The average molecular weight is 213 g/mol. The van der Waals surface area contributed by atoms with E-state index in [0.29, 0.717) is 22.6 Å². The number of rotatable bonds is 0. The van der Waals surface area contributed by atoms with Crippen LogP contribution in [0.2, 0.25) is 0 Å². The number of phenols is 1. The molecule has 0 bridgehead atoms. The van der Waals surface area contributed by atoms with Gasteiger partial charge in [0.05, 0.1) is 0 Å². The molecule has 2 aliphatic rings. The monoisotopic (exact) mass is 213 g/mol. The summed E-state index contributed by atoms with van der Waals surface area (Å²) < 4.78 is 5.51. The lowest BCUT2D eigenvalue weighted by Gasteiger charge is -2.05. The van der Waals surface area contributed by atoms with Crippen LogP contribution in [0.25, 0.3) is 22.6 Å². The SMILES string of the molecule is O=c1ccc2nc3cc(O)ccc3oc-2c1. The van der Waals surface area contributed by atoms with Crippen LogP contribution in [0, 0.1) is 0 Å². The fourth-order valence-electron chi connectivity index (χ4n) is 1.60. The predicted octanol–water partition coefficient (Wildman–Crippen LogP) is 2.00. The standard InChI is InChI=1S/C12H7NO3/c14-7-2-4-11-10(5-7)13-9-3-1-8(15)6-12(9)16-11/h1-6,14H. The fraction of sp³-hybridized carbons (Fsp3) is 0. The minimum Gasteiger partial charge on any atom is -0.508 e. The Morgan fingerprint density at radius 3 is 2.88 bits per heavy atom. The van der Waals surface area contributed by atoms with Crippen LogP contribution in [-0.4, -0.2) is 10.1 Å². The number of aromatic hydroxyl groups is 1. The fourth-order valence-corrected chi connectivity index (χ4v) is 1.60. The molecule has 0 saturated heterocycles. The van der Waals surface area contributed by atoms with E-state index in [9.17, 15) is 9.90 Å². The van der Waals surface area contributed by atoms with Gasteiger partial charge >= 0.3 is 0 Å². The van der Waals surface area contributed by atoms with Crippen LogP contribution in [0.5, 0.6) is 5.75 Å². The number of aromatic nitrogens is 1. The van der Waals surface area contributed by atoms with E-state index in [1.54, 1.807) is 12.1 Å². The van der Waals surface area contributed by atoms with Gasteiger partial charge in [0, 0.05) is 12.1 Å². The number of fused-ring (bicyclic) bond motifs is 2. The number of phenolic OH excluding ortho intramolecular Hbond substituents is 1. The Hall–Kier alpha value is -2.36. The second-order valence-electron chi connectivity index (χ2n) is 3.50. The first kappa shape index (κ1) is 8.91. The molecule has 0 unspecified atom stereocenters. The van der Waals surface area contributed by atoms with Crippen LogP contribution in [0.1, 0.15) is 0 Å². The topological polar surface area (TPSA) is 63.3 Å². The van der Waals surface area contributed by atoms with Crippen molar-refractivity contribution in [3.05, 3.63) is 46.6 Å². The zero-order valence-corrected chi connectivity index (χ0v) is 8.18. The number of hydrogen-bond donors (Lipinski definition) is 1. The van der Waals surface area contributed by atoms with Gasteiger partial charge in [-0.25, -0.2) is 4.98 Å². The second kappa shape index (κ2) is 3.06. The molecule has 0 fully saturated rings. The van der Waals surface area contributed by atoms with Crippen LogP contribution < -0.4 is 5.43 Å². The van der Waals surface area contributed by atoms with E-state index >= 15 is 0 Å². The molecule has 0 amide bonds. The van der Waals surface area contributed by atoms with Gasteiger partial charge in [-0.3, -0.25) is 4.79 Å². The highest BCUT2D eigenvalue weighted by molar-refractivity contribution is 5.77. The Kier molecular flexibility index (Phi) is 1.71. The molecule has 78 valence electrons. The van der Waals surface area contributed by atoms with Crippen molar-refractivity contribution in [2.75, 3.05) is 0 Å². The average Bonchev–Trinajstić information content (AvgIpc) is 2.26. The maximum absolute atomic E-state index is 11.1. The van der Waals surface area contributed by atoms with Gasteiger partial charge in [0.1, 0.15) is 17.0 Å². The molecule has 1 aromatic rings. The summed E-state index contributed by atoms with van der Waals surface area (Å²) in [4.78, 5) is 15.4. The van der Waals surface area contributed by atoms with Gasteiger partial charge in [-0.1, -0.05) is 0 Å². The van der Waals surface area contributed by atoms with E-state index in [1.165, 1.54) is 24.3 Å². The molecule has 0 radical (unpaired) electrons. The Labute approximate surface area is 90.1 Å². The Balaban J connectivity index is 2.45. The van der Waals surface area contributed by atoms with Crippen LogP contribution in [0.15, 0.2) is 45.6 Å². The smallest absolute Gasteiger partial charge is 0.182 e. The first-order valence-electron chi connectivity index (χ1n) is 4.76. The summed E-state index contributed by atoms with van der Waals surface area (Å²) in [5.41, 5.74) is 1.58. The zero-order valence-electron chi connectivity index (χ0n) is 8.18. The van der Waals surface area contributed by atoms with Gasteiger partial charge in [0.15, 0.2) is 16.8 Å². The van der Waals surface area contributed by atoms with Gasteiger partial charge in [0.2, 0.25) is 0 Å². The number of benzene rings is 2. The van der Waals surface area contributed by atoms with Gasteiger partial charge in [-0.15, -0.1) is 0 Å². The van der Waals surface area contributed by atoms with Gasteiger partial charge in [0.25, 0.3) is 0 Å². The van der Waals surface area contributed by atoms with Crippen molar-refractivity contribution in [1.29, 1.82) is 0 Å². The molecule has 0 saturated carbocycles. The summed E-state index contributed by atoms with van der Waals surface area (Å²) in [5.74, 6) is 0.584. The van der Waals surface area contributed by atoms with E-state index < -0.39 is 0 Å². The summed E-state index contributed by atoms with van der Waals surface area (Å²) in [7, 11) is 0. The van der Waals surface area contributed by atoms with Crippen molar-refractivity contribution in [3.8, 4) is 17.2 Å². The highest BCUT2D eigenvalue weighted by atomic mass is 16.3. The third-order valence-corrected chi connectivity index (χ3v) is 2.33. The molecular formula is C12H7NO3. The molecule has 1 N–H and O–H groups in total. The molecule has 1 aliphatic heterocycles. The lowest BCUT2D eigenvalue weighted by atomic mass is 10.2. The molecule has 1 heterocycles. The first-order valence-corrected chi connectivity index (χ1v) is 4.76. The molecule has 1 aliphatic carbocycles. The number of hydrogen-bond acceptors (Lipinski definition) is 4. The van der Waals surface area contributed by atoms with Gasteiger partial charge < -0.3 is 9.52 Å². The van der Waals surface area contributed by atoms with E-state index in [4.69, 9.17) is 4.42 Å². The highest BCUT2D eigenvalue weighted by Gasteiger charge is 2.08. The molecule has 0 aromatic heterocycles. The van der Waals surface area contributed by atoms with Crippen molar-refractivity contribution in [2.24, 2.45) is 0 Å². The predicted molar refractivity (Wildman–Crippen MR) is 58.6 cm³/mol. The minimum atomic E-state index is -0.115. The highest BCUT2D eigenvalue weighted by Crippen LogP contribution is 2.25. The number of nitrogens with zero attached hydrogens (tertiary/aromatic N) is 1. The van der Waals surface area contributed by atoms with Crippen LogP contribution >= 0.6 is 0 Å². The summed E-state index contributed by atoms with van der Waals surface area (Å²) in [6.45, 7) is 0. The van der Waals surface area contributed by atoms with Crippen molar-refractivity contribution < 1.29 is 9.52 Å². The molecule has 16 heavy (non-hydrogen) atoms. The van der Waals surface area contributed by atoms with E-state index in [0.717, 1.165) is 0 Å². The summed E-state index contributed by atoms with van der Waals surface area (Å²) in [6.07, 6.45) is 0. The third-order valence-electron chi connectivity index (χ3n) is 2.33. The first-order chi connectivity index (χ1) is 7.72. The van der Waals surface area contributed by atoms with Crippen molar-refractivity contribution in [2.45, 2.75) is 0 Å². The minimum absolute atomic E-state index is 0.115. The largest absolute Gasteiger partial charge is 0.508 e. The van der Waals surface area contributed by atoms with Crippen molar-refractivity contribution in [1.82, 2.24) is 4.98 Å². The lowest BCUT2D eigenvalue weighted by Crippen LogP contribution is -1.99. The Morgan fingerprint density at radius 2 is 2.00 bits per heavy atom. The van der Waals surface area contributed by atoms with Gasteiger partial charge in [-0.05, 0) is 24.3 Å². The molecule has 3 rings (SSSR count). The lowest BCUT2D eigenvalue weighted by molar-refractivity contribution is 0.475. The summed E-state index contributed by atoms with van der Waals surface area (Å²) in [5, 5.41) is 9.31. The van der Waals surface area contributed by atoms with Crippen molar-refractivity contribution >= 4 is 11.1 Å². The van der Waals surface area contributed by atoms with Crippen LogP contribution in [-0.2, 0) is 0 Å². The molecule has 4 heteroatoms. The molecular weight excluding hydrogens is 206 g/mol. The van der Waals surface area contributed by atoms with Gasteiger partial charge in [-0.2, -0.15) is 0 Å². The molecule has 4 nitrogen and oxygen atoms in total. The normalized spacial score (nSPS) is 11.0. The van der Waals surface area contributed by atoms with E-state index in [2.05, 4.69) is 4.98 Å². The maximum atomic E-state index is 11.1. The molecule has 0 atom stereocenters. The Bertz CT molecular complexity index is 702. The second-order valence-corrected chi connectivity index (χ2v) is 3.50. The van der Waals surface area contributed by atoms with E-state index in [-0.39, 0.29) is 11.2 Å². The van der Waals surface area contributed by atoms with Crippen LogP contribution in [0.3, 0.4) is 0 Å². The van der Waals surface area contributed by atoms with Crippen molar-refractivity contribution in [3.63, 3.8) is 0 Å². The quantitative estimate of drug-likeness (QED) is 0.580. The third kappa shape index (κ3) is 1.32.